The summed E-state index contributed by atoms with van der Waals surface area (Å²) in [5, 5.41) is 3.67. The van der Waals surface area contributed by atoms with Gasteiger partial charge in [0.05, 0.1) is 16.0 Å². The fourth-order valence-corrected chi connectivity index (χ4v) is 5.96. The van der Waals surface area contributed by atoms with E-state index in [1.807, 2.05) is 13.8 Å². The number of sulfonamides is 1. The molecule has 0 spiro atoms. The highest BCUT2D eigenvalue weighted by Gasteiger charge is 2.33. The summed E-state index contributed by atoms with van der Waals surface area (Å²) in [6, 6.07) is 3.51. The number of rotatable bonds is 3. The van der Waals surface area contributed by atoms with Crippen LogP contribution in [0.4, 0.5) is 0 Å². The Morgan fingerprint density at radius 2 is 2.24 bits per heavy atom. The van der Waals surface area contributed by atoms with E-state index in [2.05, 4.69) is 5.16 Å². The van der Waals surface area contributed by atoms with E-state index in [9.17, 15) is 8.42 Å². The monoisotopic (exact) mass is 326 g/mol. The van der Waals surface area contributed by atoms with Gasteiger partial charge in [-0.2, -0.15) is 4.31 Å². The van der Waals surface area contributed by atoms with Crippen molar-refractivity contribution >= 4 is 21.4 Å². The zero-order valence-electron chi connectivity index (χ0n) is 12.1. The van der Waals surface area contributed by atoms with Crippen LogP contribution in [0.3, 0.4) is 0 Å². The van der Waals surface area contributed by atoms with Gasteiger partial charge in [-0.15, -0.1) is 11.3 Å². The quantitative estimate of drug-likeness (QED) is 0.868. The van der Waals surface area contributed by atoms with Crippen LogP contribution in [0.2, 0.25) is 0 Å². The van der Waals surface area contributed by atoms with Crippen molar-refractivity contribution in [2.45, 2.75) is 44.0 Å². The maximum Gasteiger partial charge on any atom is 0.244 e. The average Bonchev–Trinajstić information content (AvgIpc) is 3.07. The summed E-state index contributed by atoms with van der Waals surface area (Å²) >= 11 is 1.42. The highest BCUT2D eigenvalue weighted by atomic mass is 32.2. The third-order valence-electron chi connectivity index (χ3n) is 3.88. The molecule has 0 radical (unpaired) electrons. The van der Waals surface area contributed by atoms with Crippen molar-refractivity contribution in [1.29, 1.82) is 0 Å². The van der Waals surface area contributed by atoms with Gasteiger partial charge in [0, 0.05) is 23.5 Å². The molecule has 2 aromatic heterocycles. The van der Waals surface area contributed by atoms with Gasteiger partial charge >= 0.3 is 0 Å². The van der Waals surface area contributed by atoms with Gasteiger partial charge in [0.1, 0.15) is 0 Å². The van der Waals surface area contributed by atoms with Crippen molar-refractivity contribution in [3.05, 3.63) is 23.2 Å². The van der Waals surface area contributed by atoms with E-state index in [0.29, 0.717) is 17.2 Å². The summed E-state index contributed by atoms with van der Waals surface area (Å²) in [5.41, 5.74) is 0. The van der Waals surface area contributed by atoms with Crippen molar-refractivity contribution in [3.63, 3.8) is 0 Å². The molecule has 1 atom stereocenters. The summed E-state index contributed by atoms with van der Waals surface area (Å²) in [5.74, 6) is 0.608. The molecule has 1 aliphatic rings. The third kappa shape index (κ3) is 2.65. The highest BCUT2D eigenvalue weighted by molar-refractivity contribution is 7.89. The maximum absolute atomic E-state index is 12.9. The first-order valence-electron chi connectivity index (χ1n) is 7.03. The molecule has 1 fully saturated rings. The van der Waals surface area contributed by atoms with Gasteiger partial charge in [0.25, 0.3) is 0 Å². The van der Waals surface area contributed by atoms with Gasteiger partial charge < -0.3 is 4.52 Å². The van der Waals surface area contributed by atoms with Crippen LogP contribution in [0.25, 0.3) is 10.6 Å². The molecule has 3 heterocycles. The minimum atomic E-state index is -3.43. The normalized spacial score (nSPS) is 20.8. The molecule has 7 heteroatoms. The third-order valence-corrected chi connectivity index (χ3v) is 7.22. The van der Waals surface area contributed by atoms with Crippen LogP contribution in [0.5, 0.6) is 0 Å². The lowest BCUT2D eigenvalue weighted by Crippen LogP contribution is -2.41. The fourth-order valence-electron chi connectivity index (χ4n) is 2.74. The topological polar surface area (TPSA) is 63.4 Å². The lowest BCUT2D eigenvalue weighted by molar-refractivity contribution is 0.268. The SMILES string of the molecule is Cc1sc(-c2ccno2)cc1S(=O)(=O)N1CCCC[C@@H]1C. The second-order valence-electron chi connectivity index (χ2n) is 5.37. The average molecular weight is 326 g/mol. The number of thiophene rings is 1. The first-order valence-corrected chi connectivity index (χ1v) is 9.29. The Morgan fingerprint density at radius 3 is 2.90 bits per heavy atom. The van der Waals surface area contributed by atoms with Crippen molar-refractivity contribution in [1.82, 2.24) is 9.46 Å². The molecule has 0 amide bonds. The molecule has 1 aliphatic heterocycles. The van der Waals surface area contributed by atoms with Gasteiger partial charge in [-0.1, -0.05) is 11.6 Å². The fraction of sp³-hybridized carbons (Fsp3) is 0.500. The number of nitrogens with zero attached hydrogens (tertiary/aromatic N) is 2. The summed E-state index contributed by atoms with van der Waals surface area (Å²) in [4.78, 5) is 1.99. The van der Waals surface area contributed by atoms with Crippen molar-refractivity contribution in [3.8, 4) is 10.6 Å². The lowest BCUT2D eigenvalue weighted by atomic mass is 10.1. The van der Waals surface area contributed by atoms with E-state index >= 15 is 0 Å². The molecule has 21 heavy (non-hydrogen) atoms. The summed E-state index contributed by atoms with van der Waals surface area (Å²) in [7, 11) is -3.43. The maximum atomic E-state index is 12.9. The number of hydrogen-bond donors (Lipinski definition) is 0. The van der Waals surface area contributed by atoms with Gasteiger partial charge in [-0.05, 0) is 32.8 Å². The van der Waals surface area contributed by atoms with E-state index in [0.717, 1.165) is 29.0 Å². The molecule has 2 aromatic rings. The Kier molecular flexibility index (Phi) is 3.90. The minimum absolute atomic E-state index is 0.0665. The Hall–Kier alpha value is -1.18. The van der Waals surface area contributed by atoms with Crippen LogP contribution in [0.1, 0.15) is 31.1 Å². The molecule has 3 rings (SSSR count). The Balaban J connectivity index is 1.99. The van der Waals surface area contributed by atoms with Gasteiger partial charge in [0.15, 0.2) is 5.76 Å². The molecule has 5 nitrogen and oxygen atoms in total. The Morgan fingerprint density at radius 1 is 1.43 bits per heavy atom. The van der Waals surface area contributed by atoms with Crippen LogP contribution in [0, 0.1) is 6.92 Å². The molecule has 1 saturated heterocycles. The van der Waals surface area contributed by atoms with Gasteiger partial charge in [-0.3, -0.25) is 0 Å². The molecule has 0 N–H and O–H groups in total. The van der Waals surface area contributed by atoms with E-state index in [4.69, 9.17) is 4.52 Å². The molecule has 0 aromatic carbocycles. The second-order valence-corrected chi connectivity index (χ2v) is 8.48. The number of piperidine rings is 1. The summed E-state index contributed by atoms with van der Waals surface area (Å²) < 4.78 is 32.5. The molecule has 0 aliphatic carbocycles. The van der Waals surface area contributed by atoms with Crippen LogP contribution >= 0.6 is 11.3 Å². The number of aryl methyl sites for hydroxylation is 1. The zero-order chi connectivity index (χ0) is 15.0. The standard InChI is InChI=1S/C14H18N2O3S2/c1-10-5-3-4-8-16(10)21(17,18)14-9-13(20-11(14)2)12-6-7-15-19-12/h6-7,9-10H,3-5,8H2,1-2H3/t10-/m0/s1. The number of aromatic nitrogens is 1. The van der Waals surface area contributed by atoms with Gasteiger partial charge in [-0.25, -0.2) is 8.42 Å². The van der Waals surface area contributed by atoms with Crippen LogP contribution in [0.15, 0.2) is 27.7 Å². The largest absolute Gasteiger partial charge is 0.355 e. The first-order chi connectivity index (χ1) is 10.00. The predicted molar refractivity (Wildman–Crippen MR) is 81.8 cm³/mol. The molecule has 0 saturated carbocycles. The molecule has 0 bridgehead atoms. The van der Waals surface area contributed by atoms with E-state index < -0.39 is 10.0 Å². The smallest absolute Gasteiger partial charge is 0.244 e. The minimum Gasteiger partial charge on any atom is -0.355 e. The van der Waals surface area contributed by atoms with Crippen molar-refractivity contribution in [2.24, 2.45) is 0 Å². The van der Waals surface area contributed by atoms with E-state index in [1.165, 1.54) is 11.3 Å². The Labute approximate surface area is 128 Å². The molecular formula is C14H18N2O3S2. The highest BCUT2D eigenvalue weighted by Crippen LogP contribution is 2.36. The van der Waals surface area contributed by atoms with E-state index in [-0.39, 0.29) is 6.04 Å². The second kappa shape index (κ2) is 5.55. The Bertz CT molecular complexity index is 719. The van der Waals surface area contributed by atoms with Crippen LogP contribution in [-0.2, 0) is 10.0 Å². The van der Waals surface area contributed by atoms with Crippen molar-refractivity contribution < 1.29 is 12.9 Å². The summed E-state index contributed by atoms with van der Waals surface area (Å²) in [6.07, 6.45) is 4.52. The van der Waals surface area contributed by atoms with Gasteiger partial charge in [0.2, 0.25) is 10.0 Å². The predicted octanol–water partition coefficient (Wildman–Crippen LogP) is 3.27. The number of hydrogen-bond acceptors (Lipinski definition) is 5. The molecule has 114 valence electrons. The molecule has 0 unspecified atom stereocenters. The zero-order valence-corrected chi connectivity index (χ0v) is 13.7. The lowest BCUT2D eigenvalue weighted by Gasteiger charge is -2.32. The van der Waals surface area contributed by atoms with E-state index in [1.54, 1.807) is 22.6 Å². The first kappa shape index (κ1) is 14.7. The summed E-state index contributed by atoms with van der Waals surface area (Å²) in [6.45, 7) is 4.43. The van der Waals surface area contributed by atoms with Crippen LogP contribution in [-0.4, -0.2) is 30.5 Å². The van der Waals surface area contributed by atoms with Crippen LogP contribution < -0.4 is 0 Å². The molecular weight excluding hydrogens is 308 g/mol. The van der Waals surface area contributed by atoms with Crippen molar-refractivity contribution in [2.75, 3.05) is 6.54 Å².